The van der Waals surface area contributed by atoms with E-state index in [-0.39, 0.29) is 24.0 Å². The highest BCUT2D eigenvalue weighted by atomic mass is 19.4. The molecule has 1 saturated heterocycles. The Kier molecular flexibility index (Phi) is 5.68. The van der Waals surface area contributed by atoms with Crippen molar-refractivity contribution in [3.8, 4) is 0 Å². The summed E-state index contributed by atoms with van der Waals surface area (Å²) >= 11 is 0. The first kappa shape index (κ1) is 22.2. The van der Waals surface area contributed by atoms with Gasteiger partial charge in [0, 0.05) is 29.9 Å². The second-order valence-electron chi connectivity index (χ2n) is 9.21. The average Bonchev–Trinajstić information content (AvgIpc) is 3.16. The van der Waals surface area contributed by atoms with Crippen molar-refractivity contribution in [3.05, 3.63) is 59.3 Å². The summed E-state index contributed by atoms with van der Waals surface area (Å²) in [6, 6.07) is 7.65. The van der Waals surface area contributed by atoms with Gasteiger partial charge in [-0.25, -0.2) is 9.50 Å². The Morgan fingerprint density at radius 1 is 1.16 bits per heavy atom. The van der Waals surface area contributed by atoms with E-state index >= 15 is 0 Å². The predicted octanol–water partition coefficient (Wildman–Crippen LogP) is 4.74. The van der Waals surface area contributed by atoms with Gasteiger partial charge in [0.05, 0.1) is 23.9 Å². The summed E-state index contributed by atoms with van der Waals surface area (Å²) in [6.07, 6.45) is -0.436. The first-order valence-electron chi connectivity index (χ1n) is 10.7. The van der Waals surface area contributed by atoms with Crippen molar-refractivity contribution in [1.29, 1.82) is 0 Å². The summed E-state index contributed by atoms with van der Waals surface area (Å²) in [5.74, 6) is -0.107. The smallest absolute Gasteiger partial charge is 0.334 e. The van der Waals surface area contributed by atoms with Crippen LogP contribution in [-0.2, 0) is 22.8 Å². The summed E-state index contributed by atoms with van der Waals surface area (Å²) < 4.78 is 42.3. The fourth-order valence-corrected chi connectivity index (χ4v) is 4.04. The van der Waals surface area contributed by atoms with E-state index < -0.39 is 17.3 Å². The topological polar surface area (TPSA) is 63.4 Å². The maximum atomic E-state index is 13.8. The van der Waals surface area contributed by atoms with Gasteiger partial charge in [-0.2, -0.15) is 18.3 Å². The molecule has 170 valence electrons. The number of piperidine rings is 1. The van der Waals surface area contributed by atoms with Crippen LogP contribution in [0.1, 0.15) is 68.9 Å². The number of likely N-dealkylation sites (tertiary alicyclic amines) is 1. The van der Waals surface area contributed by atoms with E-state index in [1.54, 1.807) is 29.3 Å². The van der Waals surface area contributed by atoms with E-state index in [9.17, 15) is 18.0 Å². The molecule has 9 heteroatoms. The first-order chi connectivity index (χ1) is 15.0. The lowest BCUT2D eigenvalue weighted by Gasteiger charge is -2.34. The molecule has 0 bridgehead atoms. The van der Waals surface area contributed by atoms with Crippen molar-refractivity contribution < 1.29 is 18.0 Å². The molecule has 32 heavy (non-hydrogen) atoms. The number of rotatable bonds is 3. The van der Waals surface area contributed by atoms with E-state index in [1.165, 1.54) is 0 Å². The fraction of sp³-hybridized carbons (Fsp3) is 0.478. The lowest BCUT2D eigenvalue weighted by molar-refractivity contribution is -0.143. The van der Waals surface area contributed by atoms with E-state index in [2.05, 4.69) is 15.1 Å². The number of hydrogen-bond donors (Lipinski definition) is 0. The van der Waals surface area contributed by atoms with Crippen LogP contribution in [0.15, 0.2) is 36.5 Å². The van der Waals surface area contributed by atoms with Gasteiger partial charge in [0.2, 0.25) is 5.91 Å². The van der Waals surface area contributed by atoms with Crippen LogP contribution in [0.25, 0.3) is 5.65 Å². The molecular weight excluding hydrogens is 419 g/mol. The minimum atomic E-state index is -4.58. The number of aromatic nitrogens is 4. The van der Waals surface area contributed by atoms with Gasteiger partial charge in [-0.1, -0.05) is 26.8 Å². The molecule has 1 amide bonds. The highest BCUT2D eigenvalue weighted by molar-refractivity contribution is 5.79. The van der Waals surface area contributed by atoms with Crippen LogP contribution in [0.3, 0.4) is 0 Å². The number of nitrogens with zero attached hydrogens (tertiary/aromatic N) is 5. The Bertz CT molecular complexity index is 1120. The molecule has 0 unspecified atom stereocenters. The minimum Gasteiger partial charge on any atom is -0.334 e. The summed E-state index contributed by atoms with van der Waals surface area (Å²) in [7, 11) is 0. The number of carbonyl (C=O) groups excluding carboxylic acids is 1. The molecule has 0 aliphatic carbocycles. The number of alkyl halides is 3. The Morgan fingerprint density at radius 2 is 1.94 bits per heavy atom. The van der Waals surface area contributed by atoms with Gasteiger partial charge in [0.1, 0.15) is 5.69 Å². The fourth-order valence-electron chi connectivity index (χ4n) is 4.04. The van der Waals surface area contributed by atoms with Crippen LogP contribution in [0.4, 0.5) is 13.2 Å². The Hall–Kier alpha value is -2.97. The van der Waals surface area contributed by atoms with Gasteiger partial charge < -0.3 is 4.90 Å². The third-order valence-corrected chi connectivity index (χ3v) is 5.73. The van der Waals surface area contributed by atoms with Crippen molar-refractivity contribution in [2.75, 3.05) is 6.54 Å². The zero-order chi connectivity index (χ0) is 23.1. The zero-order valence-corrected chi connectivity index (χ0v) is 18.4. The van der Waals surface area contributed by atoms with Crippen molar-refractivity contribution in [1.82, 2.24) is 24.5 Å². The lowest BCUT2D eigenvalue weighted by atomic mass is 9.91. The molecule has 0 spiro atoms. The molecule has 1 aliphatic rings. The quantitative estimate of drug-likeness (QED) is 0.584. The van der Waals surface area contributed by atoms with E-state index in [0.717, 1.165) is 23.4 Å². The second kappa shape index (κ2) is 8.18. The maximum Gasteiger partial charge on any atom is 0.433 e. The molecule has 0 N–H and O–H groups in total. The van der Waals surface area contributed by atoms with Gasteiger partial charge in [-0.15, -0.1) is 0 Å². The third kappa shape index (κ3) is 4.47. The number of hydrogen-bond acceptors (Lipinski definition) is 4. The molecule has 0 saturated carbocycles. The van der Waals surface area contributed by atoms with Crippen LogP contribution >= 0.6 is 0 Å². The molecule has 4 rings (SSSR count). The molecule has 1 fully saturated rings. The molecule has 0 radical (unpaired) electrons. The van der Waals surface area contributed by atoms with Crippen LogP contribution in [0, 0.1) is 0 Å². The summed E-state index contributed by atoms with van der Waals surface area (Å²) in [5, 5.41) is 4.29. The van der Waals surface area contributed by atoms with Crippen LogP contribution < -0.4 is 0 Å². The predicted molar refractivity (Wildman–Crippen MR) is 113 cm³/mol. The molecule has 3 aromatic heterocycles. The Balaban J connectivity index is 1.73. The Labute approximate surface area is 184 Å². The van der Waals surface area contributed by atoms with E-state index in [4.69, 9.17) is 0 Å². The van der Waals surface area contributed by atoms with Crippen LogP contribution in [0.5, 0.6) is 0 Å². The van der Waals surface area contributed by atoms with Crippen molar-refractivity contribution >= 4 is 11.6 Å². The standard InChI is InChI=1S/C23H26F3N5O/c1-22(2,3)18-14-19(23(24,25)26)31-20(28-18)13-16(29-31)17-9-5-7-11-30(17)21(32)12-15-8-4-6-10-27-15/h4,6,8,10,13-14,17H,5,7,9,11-12H2,1-3H3/t17-/m0/s1. The number of pyridine rings is 1. The summed E-state index contributed by atoms with van der Waals surface area (Å²) in [4.78, 5) is 23.4. The number of fused-ring (bicyclic) bond motifs is 1. The molecule has 1 atom stereocenters. The van der Waals surface area contributed by atoms with Gasteiger partial charge in [-0.05, 0) is 37.5 Å². The molecule has 1 aliphatic heterocycles. The molecular formula is C23H26F3N5O. The molecule has 6 nitrogen and oxygen atoms in total. The van der Waals surface area contributed by atoms with Crippen molar-refractivity contribution in [2.24, 2.45) is 0 Å². The molecule has 4 heterocycles. The zero-order valence-electron chi connectivity index (χ0n) is 18.4. The van der Waals surface area contributed by atoms with Crippen molar-refractivity contribution in [2.45, 2.75) is 64.1 Å². The highest BCUT2D eigenvalue weighted by Crippen LogP contribution is 2.35. The SMILES string of the molecule is CC(C)(C)c1cc(C(F)(F)F)n2nc([C@@H]3CCCCN3C(=O)Cc3ccccn3)cc2n1. The number of carbonyl (C=O) groups is 1. The third-order valence-electron chi connectivity index (χ3n) is 5.73. The normalized spacial score (nSPS) is 17.7. The van der Waals surface area contributed by atoms with E-state index in [0.29, 0.717) is 30.0 Å². The molecule has 0 aromatic carbocycles. The summed E-state index contributed by atoms with van der Waals surface area (Å²) in [6.45, 7) is 6.00. The van der Waals surface area contributed by atoms with Crippen molar-refractivity contribution in [3.63, 3.8) is 0 Å². The largest absolute Gasteiger partial charge is 0.433 e. The van der Waals surface area contributed by atoms with Gasteiger partial charge in [0.15, 0.2) is 5.65 Å². The Morgan fingerprint density at radius 3 is 2.59 bits per heavy atom. The number of amides is 1. The monoisotopic (exact) mass is 445 g/mol. The maximum absolute atomic E-state index is 13.8. The summed E-state index contributed by atoms with van der Waals surface area (Å²) in [5.41, 5.74) is 0.163. The molecule has 3 aromatic rings. The van der Waals surface area contributed by atoms with Gasteiger partial charge in [-0.3, -0.25) is 9.78 Å². The highest BCUT2D eigenvalue weighted by Gasteiger charge is 2.37. The van der Waals surface area contributed by atoms with Crippen LogP contribution in [0.2, 0.25) is 0 Å². The first-order valence-corrected chi connectivity index (χ1v) is 10.7. The van der Waals surface area contributed by atoms with Gasteiger partial charge >= 0.3 is 6.18 Å². The minimum absolute atomic E-state index is 0.107. The van der Waals surface area contributed by atoms with Gasteiger partial charge in [0.25, 0.3) is 0 Å². The number of halogens is 3. The lowest BCUT2D eigenvalue weighted by Crippen LogP contribution is -2.39. The average molecular weight is 445 g/mol. The second-order valence-corrected chi connectivity index (χ2v) is 9.21. The van der Waals surface area contributed by atoms with Crippen LogP contribution in [-0.4, -0.2) is 36.9 Å². The van der Waals surface area contributed by atoms with E-state index in [1.807, 2.05) is 26.8 Å².